The highest BCUT2D eigenvalue weighted by molar-refractivity contribution is 5.98. The minimum atomic E-state index is -0.270. The SMILES string of the molecule is COc1ccccc1CNC(=O)c1c(OC)cc(=O)n2c1CCN(Cc1ccc3c(c1)CCO3)CC2. The fraction of sp³-hybridized carbons (Fsp3) is 0.357. The normalized spacial score (nSPS) is 14.8. The number of hydrogen-bond donors (Lipinski definition) is 1. The van der Waals surface area contributed by atoms with Crippen molar-refractivity contribution in [1.29, 1.82) is 0 Å². The van der Waals surface area contributed by atoms with Crippen LogP contribution in [0.1, 0.15) is 32.7 Å². The Balaban J connectivity index is 1.36. The molecule has 1 amide bonds. The molecule has 0 bridgehead atoms. The van der Waals surface area contributed by atoms with E-state index in [1.807, 2.05) is 30.3 Å². The van der Waals surface area contributed by atoms with Crippen LogP contribution in [0.5, 0.6) is 17.2 Å². The van der Waals surface area contributed by atoms with Gasteiger partial charge in [0.1, 0.15) is 22.8 Å². The number of nitrogens with one attached hydrogen (secondary N) is 1. The van der Waals surface area contributed by atoms with E-state index in [0.29, 0.717) is 42.3 Å². The van der Waals surface area contributed by atoms with Gasteiger partial charge < -0.3 is 24.1 Å². The number of para-hydroxylation sites is 1. The Morgan fingerprint density at radius 1 is 1.00 bits per heavy atom. The zero-order valence-corrected chi connectivity index (χ0v) is 20.7. The lowest BCUT2D eigenvalue weighted by Gasteiger charge is -2.19. The minimum Gasteiger partial charge on any atom is -0.496 e. The van der Waals surface area contributed by atoms with Gasteiger partial charge in [-0.15, -0.1) is 0 Å². The Bertz CT molecular complexity index is 1330. The smallest absolute Gasteiger partial charge is 0.257 e. The third-order valence-electron chi connectivity index (χ3n) is 6.93. The fourth-order valence-corrected chi connectivity index (χ4v) is 5.07. The average Bonchev–Trinajstić information content (AvgIpc) is 3.27. The molecule has 0 fully saturated rings. The summed E-state index contributed by atoms with van der Waals surface area (Å²) < 4.78 is 18.2. The Labute approximate surface area is 210 Å². The lowest BCUT2D eigenvalue weighted by Crippen LogP contribution is -2.31. The maximum absolute atomic E-state index is 13.4. The van der Waals surface area contributed by atoms with Gasteiger partial charge in [0.05, 0.1) is 20.8 Å². The standard InChI is InChI=1S/C28H31N3O5/c1-34-23-6-4-3-5-21(23)17-29-28(33)27-22-9-11-30(12-13-31(22)26(32)16-25(27)35-2)18-19-7-8-24-20(15-19)10-14-36-24/h3-8,15-16H,9-14,17-18H2,1-2H3,(H,29,33). The molecule has 8 nitrogen and oxygen atoms in total. The number of rotatable bonds is 7. The molecular formula is C28H31N3O5. The van der Waals surface area contributed by atoms with Crippen molar-refractivity contribution >= 4 is 5.91 Å². The molecule has 2 aliphatic heterocycles. The van der Waals surface area contributed by atoms with Gasteiger partial charge in [-0.3, -0.25) is 14.5 Å². The highest BCUT2D eigenvalue weighted by Crippen LogP contribution is 2.27. The van der Waals surface area contributed by atoms with Crippen molar-refractivity contribution in [1.82, 2.24) is 14.8 Å². The van der Waals surface area contributed by atoms with Crippen molar-refractivity contribution in [3.63, 3.8) is 0 Å². The third-order valence-corrected chi connectivity index (χ3v) is 6.93. The van der Waals surface area contributed by atoms with E-state index >= 15 is 0 Å². The molecule has 3 heterocycles. The quantitative estimate of drug-likeness (QED) is 0.550. The first kappa shape index (κ1) is 23.9. The van der Waals surface area contributed by atoms with Gasteiger partial charge >= 0.3 is 0 Å². The zero-order valence-electron chi connectivity index (χ0n) is 20.7. The fourth-order valence-electron chi connectivity index (χ4n) is 5.07. The first-order valence-corrected chi connectivity index (χ1v) is 12.2. The van der Waals surface area contributed by atoms with Gasteiger partial charge in [-0.25, -0.2) is 0 Å². The molecule has 36 heavy (non-hydrogen) atoms. The van der Waals surface area contributed by atoms with E-state index in [4.69, 9.17) is 14.2 Å². The Morgan fingerprint density at radius 2 is 1.83 bits per heavy atom. The number of pyridine rings is 1. The predicted octanol–water partition coefficient (Wildman–Crippen LogP) is 2.79. The van der Waals surface area contributed by atoms with E-state index in [-0.39, 0.29) is 11.5 Å². The molecule has 0 radical (unpaired) electrons. The Hall–Kier alpha value is -3.78. The molecule has 0 aliphatic carbocycles. The lowest BCUT2D eigenvalue weighted by molar-refractivity contribution is 0.0945. The van der Waals surface area contributed by atoms with Gasteiger partial charge in [0.25, 0.3) is 11.5 Å². The topological polar surface area (TPSA) is 82.0 Å². The minimum absolute atomic E-state index is 0.153. The molecule has 0 saturated heterocycles. The largest absolute Gasteiger partial charge is 0.496 e. The molecule has 5 rings (SSSR count). The van der Waals surface area contributed by atoms with Crippen LogP contribution < -0.4 is 25.1 Å². The summed E-state index contributed by atoms with van der Waals surface area (Å²) in [6, 6.07) is 15.3. The molecule has 0 unspecified atom stereocenters. The summed E-state index contributed by atoms with van der Waals surface area (Å²) in [7, 11) is 3.10. The van der Waals surface area contributed by atoms with Crippen LogP contribution in [0.2, 0.25) is 0 Å². The first-order chi connectivity index (χ1) is 17.6. The molecule has 0 spiro atoms. The monoisotopic (exact) mass is 489 g/mol. The predicted molar refractivity (Wildman–Crippen MR) is 136 cm³/mol. The molecule has 3 aromatic rings. The Kier molecular flexibility index (Phi) is 6.95. The van der Waals surface area contributed by atoms with Crippen molar-refractivity contribution in [2.45, 2.75) is 32.5 Å². The van der Waals surface area contributed by atoms with Crippen LogP contribution >= 0.6 is 0 Å². The molecule has 2 aliphatic rings. The van der Waals surface area contributed by atoms with E-state index in [1.165, 1.54) is 24.3 Å². The number of hydrogen-bond acceptors (Lipinski definition) is 6. The number of ether oxygens (including phenoxy) is 3. The average molecular weight is 490 g/mol. The first-order valence-electron chi connectivity index (χ1n) is 12.2. The second-order valence-electron chi connectivity index (χ2n) is 9.09. The molecule has 2 aromatic carbocycles. The summed E-state index contributed by atoms with van der Waals surface area (Å²) in [5.41, 5.74) is 4.33. The highest BCUT2D eigenvalue weighted by Gasteiger charge is 2.25. The van der Waals surface area contributed by atoms with E-state index in [2.05, 4.69) is 22.3 Å². The van der Waals surface area contributed by atoms with Crippen molar-refractivity contribution in [2.75, 3.05) is 33.9 Å². The van der Waals surface area contributed by atoms with Crippen LogP contribution in [0.4, 0.5) is 0 Å². The molecule has 1 N–H and O–H groups in total. The summed E-state index contributed by atoms with van der Waals surface area (Å²) in [5.74, 6) is 1.72. The van der Waals surface area contributed by atoms with Crippen LogP contribution in [0.15, 0.2) is 53.3 Å². The number of carbonyl (C=O) groups is 1. The van der Waals surface area contributed by atoms with Gasteiger partial charge in [-0.2, -0.15) is 0 Å². The summed E-state index contributed by atoms with van der Waals surface area (Å²) in [4.78, 5) is 28.7. The lowest BCUT2D eigenvalue weighted by atomic mass is 10.1. The summed E-state index contributed by atoms with van der Waals surface area (Å²) >= 11 is 0. The zero-order chi connectivity index (χ0) is 25.1. The van der Waals surface area contributed by atoms with Crippen molar-refractivity contribution in [3.05, 3.63) is 86.8 Å². The Morgan fingerprint density at radius 3 is 2.67 bits per heavy atom. The molecule has 188 valence electrons. The number of benzene rings is 2. The van der Waals surface area contributed by atoms with Gasteiger partial charge in [0.15, 0.2) is 0 Å². The van der Waals surface area contributed by atoms with E-state index in [1.54, 1.807) is 11.7 Å². The molecule has 1 aromatic heterocycles. The summed E-state index contributed by atoms with van der Waals surface area (Å²) in [6.45, 7) is 3.78. The number of carbonyl (C=O) groups excluding carboxylic acids is 1. The number of aromatic nitrogens is 1. The maximum atomic E-state index is 13.4. The molecular weight excluding hydrogens is 458 g/mol. The van der Waals surface area contributed by atoms with Crippen LogP contribution in [0.3, 0.4) is 0 Å². The van der Waals surface area contributed by atoms with Crippen LogP contribution in [-0.4, -0.2) is 49.3 Å². The van der Waals surface area contributed by atoms with Gasteiger partial charge in [0.2, 0.25) is 0 Å². The van der Waals surface area contributed by atoms with Crippen LogP contribution in [-0.2, 0) is 32.5 Å². The highest BCUT2D eigenvalue weighted by atomic mass is 16.5. The maximum Gasteiger partial charge on any atom is 0.257 e. The van der Waals surface area contributed by atoms with Crippen LogP contribution in [0.25, 0.3) is 0 Å². The molecule has 0 atom stereocenters. The number of fused-ring (bicyclic) bond motifs is 2. The third kappa shape index (κ3) is 4.81. The van der Waals surface area contributed by atoms with E-state index < -0.39 is 0 Å². The van der Waals surface area contributed by atoms with Gasteiger partial charge in [0, 0.05) is 62.9 Å². The second kappa shape index (κ2) is 10.5. The molecule has 0 saturated carbocycles. The van der Waals surface area contributed by atoms with Gasteiger partial charge in [-0.1, -0.05) is 30.3 Å². The second-order valence-corrected chi connectivity index (χ2v) is 9.09. The number of methoxy groups -OCH3 is 2. The van der Waals surface area contributed by atoms with Crippen molar-refractivity contribution < 1.29 is 19.0 Å². The number of amides is 1. The number of nitrogens with zero attached hydrogens (tertiary/aromatic N) is 2. The van der Waals surface area contributed by atoms with Crippen molar-refractivity contribution in [2.24, 2.45) is 0 Å². The summed E-state index contributed by atoms with van der Waals surface area (Å²) in [5, 5.41) is 2.99. The van der Waals surface area contributed by atoms with E-state index in [0.717, 1.165) is 44.0 Å². The van der Waals surface area contributed by atoms with E-state index in [9.17, 15) is 9.59 Å². The summed E-state index contributed by atoms with van der Waals surface area (Å²) in [6.07, 6.45) is 1.51. The van der Waals surface area contributed by atoms with Gasteiger partial charge in [-0.05, 0) is 23.3 Å². The van der Waals surface area contributed by atoms with Crippen LogP contribution in [0, 0.1) is 0 Å². The van der Waals surface area contributed by atoms with Crippen molar-refractivity contribution in [3.8, 4) is 17.2 Å². The molecule has 8 heteroatoms.